The molecule has 2 aromatic heterocycles. The second-order valence-corrected chi connectivity index (χ2v) is 13.8. The van der Waals surface area contributed by atoms with Crippen molar-refractivity contribution in [3.63, 3.8) is 0 Å². The molecule has 3 aromatic carbocycles. The largest absolute Gasteiger partial charge is 0.469 e. The molecule has 5 heterocycles. The van der Waals surface area contributed by atoms with Crippen LogP contribution in [0.5, 0.6) is 5.75 Å². The Bertz CT molecular complexity index is 2060. The van der Waals surface area contributed by atoms with Gasteiger partial charge in [-0.1, -0.05) is 68.4 Å². The number of nitrogens with zero attached hydrogens (tertiary/aromatic N) is 2. The van der Waals surface area contributed by atoms with E-state index in [-0.39, 0.29) is 24.9 Å². The van der Waals surface area contributed by atoms with Crippen LogP contribution in [-0.4, -0.2) is 28.1 Å². The topological polar surface area (TPSA) is 129 Å². The Kier molecular flexibility index (Phi) is 7.39. The molecule has 244 valence electrons. The fourth-order valence-electron chi connectivity index (χ4n) is 7.06. The molecule has 1 spiro atoms. The molecule has 11 heteroatoms. The van der Waals surface area contributed by atoms with Crippen LogP contribution in [0.1, 0.15) is 65.9 Å². The first-order chi connectivity index (χ1) is 23.2. The number of carbonyl (C=O) groups is 2. The van der Waals surface area contributed by atoms with Gasteiger partial charge in [-0.3, -0.25) is 9.59 Å². The molecule has 0 saturated heterocycles. The summed E-state index contributed by atoms with van der Waals surface area (Å²) < 4.78 is 26.0. The first kappa shape index (κ1) is 30.4. The first-order valence-electron chi connectivity index (χ1n) is 16.0. The minimum atomic E-state index is -0.984. The molecule has 10 nitrogen and oxygen atoms in total. The predicted molar refractivity (Wildman–Crippen MR) is 179 cm³/mol. The Morgan fingerprint density at radius 3 is 2.67 bits per heavy atom. The highest BCUT2D eigenvalue weighted by molar-refractivity contribution is 9.10. The van der Waals surface area contributed by atoms with E-state index in [1.54, 1.807) is 6.26 Å². The van der Waals surface area contributed by atoms with Crippen LogP contribution in [-0.2, 0) is 32.8 Å². The number of ether oxygens (including phenoxy) is 2. The third-order valence-electron chi connectivity index (χ3n) is 9.38. The highest BCUT2D eigenvalue weighted by atomic mass is 79.9. The second-order valence-electron chi connectivity index (χ2n) is 12.9. The number of halogens is 1. The average Bonchev–Trinajstić information content (AvgIpc) is 3.84. The Morgan fingerprint density at radius 1 is 1.06 bits per heavy atom. The zero-order valence-electron chi connectivity index (χ0n) is 26.6. The van der Waals surface area contributed by atoms with E-state index in [1.165, 1.54) is 0 Å². The number of carbonyl (C=O) groups excluding carboxylic acids is 2. The molecule has 1 amide bonds. The van der Waals surface area contributed by atoms with E-state index < -0.39 is 29.6 Å². The minimum absolute atomic E-state index is 0.0974. The second kappa shape index (κ2) is 11.7. The van der Waals surface area contributed by atoms with Gasteiger partial charge < -0.3 is 28.9 Å². The van der Waals surface area contributed by atoms with Crippen LogP contribution in [0.3, 0.4) is 0 Å². The van der Waals surface area contributed by atoms with Gasteiger partial charge in [0.15, 0.2) is 17.7 Å². The highest BCUT2D eigenvalue weighted by Crippen LogP contribution is 2.60. The summed E-state index contributed by atoms with van der Waals surface area (Å²) in [7, 11) is 0. The Hall–Kier alpha value is -4.90. The standard InChI is InChI=1S/C37H33BrN4O6/c1-19(2)29-35-41-31(34-39-20(3)17-46-34)32(48-35)37-24-10-7-11-26(38)30(24)42-36(37)47-27-13-12-22(15-25(27)37)14-23(33(44)40-29)16-28(43)45-18-21-8-5-4-6-9-21/h4-13,15,17,19,23,29,36,42H,14,16,18H2,1-3H3,(H,40,44)/t23-,29+,36+,37?/m1/s1. The van der Waals surface area contributed by atoms with E-state index in [1.807, 2.05) is 75.4 Å². The van der Waals surface area contributed by atoms with Gasteiger partial charge >= 0.3 is 5.97 Å². The number of hydrogen-bond acceptors (Lipinski definition) is 9. The molecule has 0 fully saturated rings. The lowest BCUT2D eigenvalue weighted by Crippen LogP contribution is -2.40. The number of aryl methyl sites for hydroxylation is 1. The SMILES string of the molecule is Cc1coc(-c2nc3oc2C24c5cc(ccc5O[C@@H]2Nc2c(Br)cccc24)C[C@H](CC(=O)OCc2ccccc2)C(=O)N[C@H]3C(C)C)n1. The van der Waals surface area contributed by atoms with Crippen molar-refractivity contribution in [2.45, 2.75) is 57.9 Å². The maximum atomic E-state index is 14.1. The minimum Gasteiger partial charge on any atom is -0.469 e. The molecule has 0 radical (unpaired) electrons. The lowest BCUT2D eigenvalue weighted by atomic mass is 9.72. The Balaban J connectivity index is 1.29. The number of fused-ring (bicyclic) bond motifs is 4. The molecule has 1 unspecified atom stereocenters. The van der Waals surface area contributed by atoms with E-state index in [9.17, 15) is 9.59 Å². The van der Waals surface area contributed by atoms with Crippen molar-refractivity contribution in [1.29, 1.82) is 0 Å². The van der Waals surface area contributed by atoms with Gasteiger partial charge in [-0.05, 0) is 58.5 Å². The van der Waals surface area contributed by atoms with Crippen LogP contribution in [0.2, 0.25) is 0 Å². The number of hydrogen-bond donors (Lipinski definition) is 2. The van der Waals surface area contributed by atoms with Gasteiger partial charge in [0.25, 0.3) is 0 Å². The van der Waals surface area contributed by atoms with Crippen LogP contribution in [0.4, 0.5) is 5.69 Å². The molecule has 3 aliphatic heterocycles. The monoisotopic (exact) mass is 708 g/mol. The number of benzene rings is 3. The van der Waals surface area contributed by atoms with E-state index in [0.29, 0.717) is 41.1 Å². The number of anilines is 1. The molecule has 2 N–H and O–H groups in total. The van der Waals surface area contributed by atoms with Crippen molar-refractivity contribution in [3.05, 3.63) is 117 Å². The molecule has 4 atom stereocenters. The van der Waals surface area contributed by atoms with Gasteiger partial charge in [0, 0.05) is 15.6 Å². The maximum Gasteiger partial charge on any atom is 0.306 e. The van der Waals surface area contributed by atoms with Crippen molar-refractivity contribution in [3.8, 4) is 17.3 Å². The summed E-state index contributed by atoms with van der Waals surface area (Å²) in [5, 5.41) is 6.77. The van der Waals surface area contributed by atoms with Gasteiger partial charge in [0.2, 0.25) is 17.7 Å². The zero-order valence-corrected chi connectivity index (χ0v) is 28.2. The number of para-hydroxylation sites is 1. The Morgan fingerprint density at radius 2 is 1.90 bits per heavy atom. The number of nitrogens with one attached hydrogen (secondary N) is 2. The lowest BCUT2D eigenvalue weighted by molar-refractivity contribution is -0.148. The smallest absolute Gasteiger partial charge is 0.306 e. The van der Waals surface area contributed by atoms with Gasteiger partial charge in [-0.25, -0.2) is 9.97 Å². The van der Waals surface area contributed by atoms with Gasteiger partial charge in [0.05, 0.1) is 23.7 Å². The average molecular weight is 710 g/mol. The summed E-state index contributed by atoms with van der Waals surface area (Å²) in [6.45, 7) is 5.96. The third kappa shape index (κ3) is 4.90. The predicted octanol–water partition coefficient (Wildman–Crippen LogP) is 7.00. The van der Waals surface area contributed by atoms with Crippen molar-refractivity contribution in [1.82, 2.24) is 15.3 Å². The fourth-order valence-corrected chi connectivity index (χ4v) is 7.54. The summed E-state index contributed by atoms with van der Waals surface area (Å²) in [5.41, 5.74) is 4.56. The molecule has 0 aliphatic carbocycles. The van der Waals surface area contributed by atoms with Gasteiger partial charge in [-0.2, -0.15) is 0 Å². The molecular formula is C37H33BrN4O6. The first-order valence-corrected chi connectivity index (χ1v) is 16.8. The molecule has 5 aromatic rings. The van der Waals surface area contributed by atoms with E-state index in [4.69, 9.17) is 23.3 Å². The van der Waals surface area contributed by atoms with Crippen LogP contribution < -0.4 is 15.4 Å². The fraction of sp³-hybridized carbons (Fsp3) is 0.297. The Labute approximate surface area is 285 Å². The van der Waals surface area contributed by atoms with E-state index >= 15 is 0 Å². The summed E-state index contributed by atoms with van der Waals surface area (Å²) in [6.07, 6.45) is 1.21. The van der Waals surface area contributed by atoms with Crippen molar-refractivity contribution >= 4 is 33.5 Å². The van der Waals surface area contributed by atoms with Crippen molar-refractivity contribution in [2.75, 3.05) is 5.32 Å². The highest BCUT2D eigenvalue weighted by Gasteiger charge is 2.61. The molecule has 8 rings (SSSR count). The lowest BCUT2D eigenvalue weighted by Gasteiger charge is -2.28. The quantitative estimate of drug-likeness (QED) is 0.179. The van der Waals surface area contributed by atoms with Crippen molar-refractivity contribution < 1.29 is 27.9 Å². The van der Waals surface area contributed by atoms with Crippen LogP contribution in [0.25, 0.3) is 11.6 Å². The maximum absolute atomic E-state index is 14.1. The third-order valence-corrected chi connectivity index (χ3v) is 10.0. The van der Waals surface area contributed by atoms with Crippen LogP contribution in [0, 0.1) is 18.8 Å². The van der Waals surface area contributed by atoms with E-state index in [0.717, 1.165) is 32.4 Å². The summed E-state index contributed by atoms with van der Waals surface area (Å²) in [4.78, 5) is 37.0. The molecule has 4 bridgehead atoms. The van der Waals surface area contributed by atoms with Crippen molar-refractivity contribution in [2.24, 2.45) is 11.8 Å². The number of oxazole rings is 2. The van der Waals surface area contributed by atoms with Gasteiger partial charge in [0.1, 0.15) is 30.1 Å². The molecule has 0 saturated carbocycles. The molecular weight excluding hydrogens is 676 g/mol. The van der Waals surface area contributed by atoms with E-state index in [2.05, 4.69) is 43.7 Å². The molecule has 48 heavy (non-hydrogen) atoms. The number of aromatic nitrogens is 2. The number of rotatable bonds is 6. The van der Waals surface area contributed by atoms with Crippen LogP contribution >= 0.6 is 15.9 Å². The number of esters is 1. The van der Waals surface area contributed by atoms with Gasteiger partial charge in [-0.15, -0.1) is 0 Å². The normalized spacial score (nSPS) is 22.1. The summed E-state index contributed by atoms with van der Waals surface area (Å²) in [6, 6.07) is 20.8. The summed E-state index contributed by atoms with van der Waals surface area (Å²) in [5.74, 6) is 0.228. The summed E-state index contributed by atoms with van der Waals surface area (Å²) >= 11 is 3.73. The van der Waals surface area contributed by atoms with Crippen LogP contribution in [0.15, 0.2) is 86.3 Å². The number of amides is 1. The molecule has 3 aliphatic rings. The zero-order chi connectivity index (χ0) is 33.2.